The second-order valence-corrected chi connectivity index (χ2v) is 8.63. The molecule has 0 aliphatic carbocycles. The monoisotopic (exact) mass is 523 g/mol. The molecule has 0 spiro atoms. The van der Waals surface area contributed by atoms with Gasteiger partial charge in [0.2, 0.25) is 5.91 Å². The van der Waals surface area contributed by atoms with Crippen LogP contribution in [0.2, 0.25) is 0 Å². The highest BCUT2D eigenvalue weighted by Gasteiger charge is 2.36. The van der Waals surface area contributed by atoms with Crippen LogP contribution in [0.15, 0.2) is 77.3 Å². The van der Waals surface area contributed by atoms with Crippen LogP contribution >= 0.6 is 15.9 Å². The van der Waals surface area contributed by atoms with Crippen molar-refractivity contribution in [3.8, 4) is 17.2 Å². The molecule has 3 aromatic rings. The molecule has 0 unspecified atom stereocenters. The van der Waals surface area contributed by atoms with Gasteiger partial charge >= 0.3 is 5.97 Å². The van der Waals surface area contributed by atoms with E-state index in [4.69, 9.17) is 14.2 Å². The third kappa shape index (κ3) is 5.63. The first-order valence-corrected chi connectivity index (χ1v) is 11.4. The summed E-state index contributed by atoms with van der Waals surface area (Å²) in [4.78, 5) is 38.8. The summed E-state index contributed by atoms with van der Waals surface area (Å²) < 4.78 is 17.0. The molecule has 0 radical (unpaired) electrons. The van der Waals surface area contributed by atoms with Gasteiger partial charge in [0.05, 0.1) is 13.0 Å². The number of hydrogen-bond donors (Lipinski definition) is 0. The summed E-state index contributed by atoms with van der Waals surface area (Å²) in [6.07, 6.45) is 0.0371. The maximum Gasteiger partial charge on any atom is 0.311 e. The number of benzene rings is 3. The van der Waals surface area contributed by atoms with Gasteiger partial charge in [0.25, 0.3) is 0 Å². The Morgan fingerprint density at radius 2 is 1.50 bits per heavy atom. The summed E-state index contributed by atoms with van der Waals surface area (Å²) in [6.45, 7) is -0.161. The average Bonchev–Trinajstić information content (AvgIpc) is 3.25. The van der Waals surface area contributed by atoms with Gasteiger partial charge in [-0.2, -0.15) is 0 Å². The number of Topliss-reactive ketones (excluding diaryl/α,β-unsaturated/α-hetero) is 1. The molecular formula is C26H22BrNO6. The van der Waals surface area contributed by atoms with E-state index in [-0.39, 0.29) is 31.3 Å². The number of amides is 1. The van der Waals surface area contributed by atoms with Gasteiger partial charge in [0, 0.05) is 28.7 Å². The normalized spacial score (nSPS) is 15.2. The number of halogens is 1. The van der Waals surface area contributed by atoms with Gasteiger partial charge < -0.3 is 19.1 Å². The molecule has 1 heterocycles. The smallest absolute Gasteiger partial charge is 0.311 e. The van der Waals surface area contributed by atoms with Gasteiger partial charge in [-0.15, -0.1) is 0 Å². The fourth-order valence-electron chi connectivity index (χ4n) is 3.56. The van der Waals surface area contributed by atoms with Gasteiger partial charge in [0.1, 0.15) is 17.2 Å². The lowest BCUT2D eigenvalue weighted by molar-refractivity contribution is -0.147. The fraction of sp³-hybridized carbons (Fsp3) is 0.192. The van der Waals surface area contributed by atoms with Crippen molar-refractivity contribution in [2.75, 3.05) is 25.2 Å². The topological polar surface area (TPSA) is 82.1 Å². The first-order valence-electron chi connectivity index (χ1n) is 10.6. The number of carbonyl (C=O) groups is 3. The van der Waals surface area contributed by atoms with Crippen LogP contribution in [0.25, 0.3) is 0 Å². The second kappa shape index (κ2) is 10.5. The van der Waals surface area contributed by atoms with Crippen molar-refractivity contribution in [1.82, 2.24) is 0 Å². The number of carbonyl (C=O) groups excluding carboxylic acids is 3. The van der Waals surface area contributed by atoms with E-state index in [1.807, 2.05) is 0 Å². The molecule has 7 nitrogen and oxygen atoms in total. The van der Waals surface area contributed by atoms with Gasteiger partial charge in [0.15, 0.2) is 12.4 Å². The molecule has 1 amide bonds. The molecule has 1 aliphatic heterocycles. The maximum absolute atomic E-state index is 12.5. The van der Waals surface area contributed by atoms with Crippen LogP contribution in [0.4, 0.5) is 5.69 Å². The molecule has 0 aromatic heterocycles. The molecule has 0 saturated carbocycles. The number of methoxy groups -OCH3 is 1. The molecule has 1 saturated heterocycles. The number of rotatable bonds is 8. The van der Waals surface area contributed by atoms with Crippen molar-refractivity contribution >= 4 is 39.3 Å². The number of esters is 1. The third-order valence-corrected chi connectivity index (χ3v) is 5.94. The molecule has 1 atom stereocenters. The van der Waals surface area contributed by atoms with Crippen LogP contribution in [-0.4, -0.2) is 37.9 Å². The van der Waals surface area contributed by atoms with Crippen molar-refractivity contribution in [2.24, 2.45) is 5.92 Å². The molecule has 0 N–H and O–H groups in total. The van der Waals surface area contributed by atoms with Crippen LogP contribution in [0.5, 0.6) is 17.2 Å². The predicted octanol–water partition coefficient (Wildman–Crippen LogP) is 5.03. The van der Waals surface area contributed by atoms with E-state index in [0.29, 0.717) is 22.7 Å². The maximum atomic E-state index is 12.5. The van der Waals surface area contributed by atoms with Crippen molar-refractivity contribution in [3.05, 3.63) is 82.8 Å². The number of ketones is 1. The minimum atomic E-state index is -0.625. The minimum Gasteiger partial charge on any atom is -0.497 e. The highest BCUT2D eigenvalue weighted by atomic mass is 79.9. The van der Waals surface area contributed by atoms with Crippen LogP contribution in [0.3, 0.4) is 0 Å². The van der Waals surface area contributed by atoms with E-state index in [0.717, 1.165) is 10.2 Å². The van der Waals surface area contributed by atoms with Crippen molar-refractivity contribution in [2.45, 2.75) is 6.42 Å². The summed E-state index contributed by atoms with van der Waals surface area (Å²) >= 11 is 3.31. The molecule has 1 aliphatic rings. The quantitative estimate of drug-likeness (QED) is 0.304. The zero-order chi connectivity index (χ0) is 24.1. The van der Waals surface area contributed by atoms with E-state index in [1.165, 1.54) is 0 Å². The van der Waals surface area contributed by atoms with Gasteiger partial charge in [-0.1, -0.05) is 28.1 Å². The SMILES string of the molecule is COc1ccc(Oc2ccc(N3C[C@@H](C(=O)OCC(=O)c4ccc(Br)cc4)CC3=O)cc2)cc1. The summed E-state index contributed by atoms with van der Waals surface area (Å²) in [5, 5.41) is 0. The number of anilines is 1. The fourth-order valence-corrected chi connectivity index (χ4v) is 3.83. The Labute approximate surface area is 205 Å². The highest BCUT2D eigenvalue weighted by molar-refractivity contribution is 9.10. The van der Waals surface area contributed by atoms with Gasteiger partial charge in [-0.05, 0) is 60.7 Å². The first-order chi connectivity index (χ1) is 16.4. The van der Waals surface area contributed by atoms with E-state index >= 15 is 0 Å². The third-order valence-electron chi connectivity index (χ3n) is 5.41. The highest BCUT2D eigenvalue weighted by Crippen LogP contribution is 2.29. The van der Waals surface area contributed by atoms with Crippen LogP contribution < -0.4 is 14.4 Å². The van der Waals surface area contributed by atoms with Crippen LogP contribution in [0, 0.1) is 5.92 Å². The molecule has 8 heteroatoms. The van der Waals surface area contributed by atoms with Crippen LogP contribution in [-0.2, 0) is 14.3 Å². The molecule has 34 heavy (non-hydrogen) atoms. The predicted molar refractivity (Wildman–Crippen MR) is 129 cm³/mol. The van der Waals surface area contributed by atoms with Crippen molar-refractivity contribution < 1.29 is 28.6 Å². The van der Waals surface area contributed by atoms with Crippen molar-refractivity contribution in [1.29, 1.82) is 0 Å². The molecule has 0 bridgehead atoms. The van der Waals surface area contributed by atoms with E-state index in [9.17, 15) is 14.4 Å². The lowest BCUT2D eigenvalue weighted by atomic mass is 10.1. The Bertz CT molecular complexity index is 1180. The Morgan fingerprint density at radius 3 is 2.12 bits per heavy atom. The molecule has 3 aromatic carbocycles. The zero-order valence-electron chi connectivity index (χ0n) is 18.4. The zero-order valence-corrected chi connectivity index (χ0v) is 20.0. The van der Waals surface area contributed by atoms with Gasteiger partial charge in [-0.25, -0.2) is 0 Å². The first kappa shape index (κ1) is 23.5. The lowest BCUT2D eigenvalue weighted by Gasteiger charge is -2.17. The molecule has 1 fully saturated rings. The van der Waals surface area contributed by atoms with Gasteiger partial charge in [-0.3, -0.25) is 14.4 Å². The lowest BCUT2D eigenvalue weighted by Crippen LogP contribution is -2.27. The molecule has 174 valence electrons. The summed E-state index contributed by atoms with van der Waals surface area (Å²) in [5.41, 5.74) is 1.12. The van der Waals surface area contributed by atoms with E-state index < -0.39 is 11.9 Å². The van der Waals surface area contributed by atoms with E-state index in [2.05, 4.69) is 15.9 Å². The number of nitrogens with zero attached hydrogens (tertiary/aromatic N) is 1. The minimum absolute atomic E-state index is 0.0371. The van der Waals surface area contributed by atoms with E-state index in [1.54, 1.807) is 84.8 Å². The largest absolute Gasteiger partial charge is 0.497 e. The Hall–Kier alpha value is -3.65. The summed E-state index contributed by atoms with van der Waals surface area (Å²) in [5.74, 6) is 0.357. The van der Waals surface area contributed by atoms with Crippen molar-refractivity contribution in [3.63, 3.8) is 0 Å². The second-order valence-electron chi connectivity index (χ2n) is 7.71. The standard InChI is InChI=1S/C26H22BrNO6/c1-32-21-10-12-23(13-11-21)34-22-8-6-20(7-9-22)28-15-18(14-25(28)30)26(31)33-16-24(29)17-2-4-19(27)5-3-17/h2-13,18H,14-16H2,1H3/t18-/m0/s1. The number of ether oxygens (including phenoxy) is 3. The summed E-state index contributed by atoms with van der Waals surface area (Å²) in [6, 6.07) is 21.1. The van der Waals surface area contributed by atoms with Crippen LogP contribution in [0.1, 0.15) is 16.8 Å². The average molecular weight is 524 g/mol. The Balaban J connectivity index is 1.32. The molecular weight excluding hydrogens is 502 g/mol. The summed E-state index contributed by atoms with van der Waals surface area (Å²) in [7, 11) is 1.60. The Morgan fingerprint density at radius 1 is 0.912 bits per heavy atom. The molecule has 4 rings (SSSR count). The number of hydrogen-bond acceptors (Lipinski definition) is 6. The Kier molecular flexibility index (Phi) is 7.27.